The normalized spacial score (nSPS) is 46.7. The Kier molecular flexibility index (Phi) is 15.2. The van der Waals surface area contributed by atoms with Gasteiger partial charge < -0.3 is 44.0 Å². The first-order chi connectivity index (χ1) is 28.9. The van der Waals surface area contributed by atoms with Crippen LogP contribution in [0.5, 0.6) is 0 Å². The fraction of sp³-hybridized carbons (Fsp3) is 0.717. The third-order valence-electron chi connectivity index (χ3n) is 18.1. The number of esters is 1. The fourth-order valence-corrected chi connectivity index (χ4v) is 15.1. The van der Waals surface area contributed by atoms with E-state index in [0.717, 1.165) is 0 Å². The monoisotopic (exact) mass is 950 g/mol. The molecule has 0 aromatic carbocycles. The van der Waals surface area contributed by atoms with Crippen LogP contribution < -0.4 is 68.9 Å². The molecule has 0 bridgehead atoms. The van der Waals surface area contributed by atoms with E-state index < -0.39 is 125 Å². The summed E-state index contributed by atoms with van der Waals surface area (Å²) in [5.74, 6) is -5.86. The molecule has 0 aromatic rings. The number of ether oxygens (including phenoxy) is 1. The first-order valence-corrected chi connectivity index (χ1v) is 23.3. The zero-order valence-electron chi connectivity index (χ0n) is 38.7. The number of alkyl halides is 2. The molecule has 0 aliphatic heterocycles. The van der Waals surface area contributed by atoms with Crippen LogP contribution in [-0.2, 0) is 37.8 Å². The van der Waals surface area contributed by atoms with Crippen LogP contribution in [0, 0.1) is 57.2 Å². The summed E-state index contributed by atoms with van der Waals surface area (Å²) in [6.07, 6.45) is 7.82. The summed E-state index contributed by atoms with van der Waals surface area (Å²) in [6.45, 7) is 9.69. The van der Waals surface area contributed by atoms with Crippen LogP contribution in [0.2, 0.25) is 0 Å². The van der Waals surface area contributed by atoms with Crippen molar-refractivity contribution in [3.05, 3.63) is 47.6 Å². The van der Waals surface area contributed by atoms with E-state index in [1.165, 1.54) is 37.3 Å². The topological polar surface area (TPSA) is 248 Å². The molecule has 0 heterocycles. The van der Waals surface area contributed by atoms with E-state index in [1.54, 1.807) is 47.6 Å². The van der Waals surface area contributed by atoms with E-state index in [0.29, 0.717) is 43.3 Å². The summed E-state index contributed by atoms with van der Waals surface area (Å²) in [5, 5.41) is 45.7. The zero-order valence-corrected chi connectivity index (χ0v) is 43.6. The van der Waals surface area contributed by atoms with E-state index >= 15 is 8.78 Å². The van der Waals surface area contributed by atoms with Gasteiger partial charge in [-0.1, -0.05) is 51.0 Å². The Morgan fingerprint density at radius 3 is 1.45 bits per heavy atom. The van der Waals surface area contributed by atoms with Gasteiger partial charge in [0.1, 0.15) is 17.8 Å². The number of fused-ring (bicyclic) bond motifs is 10. The van der Waals surface area contributed by atoms with Crippen molar-refractivity contribution < 1.29 is 136 Å². The molecule has 8 aliphatic rings. The minimum atomic E-state index is -5.43. The number of hydrogen-bond acceptors (Lipinski definition) is 14. The molecule has 0 radical (unpaired) electrons. The number of carbonyl (C=O) groups is 5. The van der Waals surface area contributed by atoms with Crippen LogP contribution in [0.15, 0.2) is 47.6 Å². The van der Waals surface area contributed by atoms with E-state index in [1.807, 2.05) is 0 Å². The van der Waals surface area contributed by atoms with Gasteiger partial charge in [0, 0.05) is 40.4 Å². The van der Waals surface area contributed by atoms with E-state index in [4.69, 9.17) is 4.74 Å². The third-order valence-corrected chi connectivity index (χ3v) is 18.5. The molecule has 0 spiro atoms. The van der Waals surface area contributed by atoms with Crippen molar-refractivity contribution in [2.24, 2.45) is 57.2 Å². The molecule has 348 valence electrons. The first-order valence-electron chi connectivity index (χ1n) is 21.9. The second-order valence-corrected chi connectivity index (χ2v) is 21.8. The molecule has 0 aromatic heterocycles. The Morgan fingerprint density at radius 2 is 1.09 bits per heavy atom. The summed E-state index contributed by atoms with van der Waals surface area (Å²) >= 11 is 0. The molecule has 0 amide bonds. The Hall–Kier alpha value is -1.08. The minimum absolute atomic E-state index is 0. The van der Waals surface area contributed by atoms with Gasteiger partial charge in [0.25, 0.3) is 0 Å². The van der Waals surface area contributed by atoms with Gasteiger partial charge in [-0.3, -0.25) is 24.0 Å². The molecule has 19 heteroatoms. The molecule has 6 fully saturated rings. The summed E-state index contributed by atoms with van der Waals surface area (Å²) in [5.41, 5.74) is -11.4. The Bertz CT molecular complexity index is 2200. The molecular formula is C46H59F2Na2O14P. The maximum Gasteiger partial charge on any atom is 1.00 e. The van der Waals surface area contributed by atoms with Crippen molar-refractivity contribution >= 4 is 36.9 Å². The second-order valence-electron chi connectivity index (χ2n) is 20.7. The Labute approximate surface area is 422 Å². The van der Waals surface area contributed by atoms with Gasteiger partial charge in [-0.05, 0) is 113 Å². The molecule has 4 N–H and O–H groups in total. The molecule has 14 nitrogen and oxygen atoms in total. The van der Waals surface area contributed by atoms with Gasteiger partial charge in [0.15, 0.2) is 35.3 Å². The van der Waals surface area contributed by atoms with Crippen LogP contribution in [0.3, 0.4) is 0 Å². The first kappa shape index (κ1) is 54.9. The molecule has 8 aliphatic carbocycles. The number of ketones is 4. The van der Waals surface area contributed by atoms with Crippen LogP contribution in [0.25, 0.3) is 0 Å². The standard InChI is InChI=1S/C24H31FO6.C22H30FO8P.2Na/c1-13-9-18-17-6-5-15-10-16(27)7-8-21(15,3)23(17,25)19(28)11-22(18,4)24(13,30)20(29)12-31-14(2)26;1-12-8-16-15-5-4-13-9-14(24)6-7-19(13,2)21(15,23)17(25)10-20(16,3)22(12,27)18(26)11-31-32(28,29)30;;/h7-8,10,13,17-19,28,30H,5-6,9,11-12H2,1-4H3;6-7,9,12,15-17,25,27H,4-5,8,10-11H2,1-3H3,(H2,28,29,30);;/q;;2*+1/p-2/t13-,17+,18+,19?,21+,22+,23+,24+;12-,15+,16+,17+,19+,20+,21+,22+;;/m11../s1. The molecule has 65 heavy (non-hydrogen) atoms. The number of phosphoric ester groups is 1. The van der Waals surface area contributed by atoms with Gasteiger partial charge in [0.05, 0.1) is 20.0 Å². The number of Topliss-reactive ketones (excluding diaryl/α,β-unsaturated/α-hetero) is 2. The molecule has 6 saturated carbocycles. The van der Waals surface area contributed by atoms with Gasteiger partial charge >= 0.3 is 65.1 Å². The summed E-state index contributed by atoms with van der Waals surface area (Å²) in [4.78, 5) is 82.7. The van der Waals surface area contributed by atoms with Crippen molar-refractivity contribution in [1.29, 1.82) is 0 Å². The fourth-order valence-electron chi connectivity index (χ4n) is 14.8. The van der Waals surface area contributed by atoms with E-state index in [-0.39, 0.29) is 95.9 Å². The van der Waals surface area contributed by atoms with Gasteiger partial charge in [-0.2, -0.15) is 0 Å². The zero-order chi connectivity index (χ0) is 46.9. The largest absolute Gasteiger partial charge is 1.00 e. The number of allylic oxidation sites excluding steroid dienone is 8. The van der Waals surface area contributed by atoms with Crippen LogP contribution >= 0.6 is 7.82 Å². The molecule has 8 rings (SSSR count). The number of carbonyl (C=O) groups excluding carboxylic acids is 5. The van der Waals surface area contributed by atoms with Gasteiger partial charge in [0.2, 0.25) is 5.78 Å². The maximum atomic E-state index is 17.0. The number of halogens is 2. The van der Waals surface area contributed by atoms with Gasteiger partial charge in [-0.15, -0.1) is 0 Å². The smallest absolute Gasteiger partial charge is 0.790 e. The molecule has 1 unspecified atom stereocenters. The predicted molar refractivity (Wildman–Crippen MR) is 216 cm³/mol. The van der Waals surface area contributed by atoms with Crippen LogP contribution in [0.4, 0.5) is 8.78 Å². The molecule has 0 saturated heterocycles. The van der Waals surface area contributed by atoms with Crippen LogP contribution in [0.1, 0.15) is 99.8 Å². The number of rotatable bonds is 7. The maximum absolute atomic E-state index is 17.0. The van der Waals surface area contributed by atoms with Gasteiger partial charge in [-0.25, -0.2) is 8.78 Å². The summed E-state index contributed by atoms with van der Waals surface area (Å²) in [7, 11) is -5.43. The quantitative estimate of drug-likeness (QED) is 0.115. The Balaban J connectivity index is 0.000000237. The van der Waals surface area contributed by atoms with Crippen molar-refractivity contribution in [2.45, 2.75) is 135 Å². The summed E-state index contributed by atoms with van der Waals surface area (Å²) < 4.78 is 53.9. The Morgan fingerprint density at radius 1 is 0.723 bits per heavy atom. The van der Waals surface area contributed by atoms with Crippen molar-refractivity contribution in [1.82, 2.24) is 0 Å². The average Bonchev–Trinajstić information content (AvgIpc) is 3.52. The van der Waals surface area contributed by atoms with E-state index in [2.05, 4.69) is 4.52 Å². The number of hydrogen-bond donors (Lipinski definition) is 4. The van der Waals surface area contributed by atoms with Crippen molar-refractivity contribution in [3.63, 3.8) is 0 Å². The summed E-state index contributed by atoms with van der Waals surface area (Å²) in [6, 6.07) is 0. The molecular weight excluding hydrogens is 891 g/mol. The number of phosphoric acid groups is 1. The number of aliphatic hydroxyl groups is 4. The predicted octanol–water partition coefficient (Wildman–Crippen LogP) is -2.78. The molecule has 16 atom stereocenters. The van der Waals surface area contributed by atoms with Crippen molar-refractivity contribution in [3.8, 4) is 0 Å². The number of aliphatic hydroxyl groups excluding tert-OH is 2. The van der Waals surface area contributed by atoms with Crippen molar-refractivity contribution in [2.75, 3.05) is 13.2 Å². The second kappa shape index (κ2) is 18.0. The SMILES string of the molecule is CC(=O)OCC(=O)[C@@]1(O)[C@H](C)C[C@H]2[C@@H]3CCC4=CC(=O)C=C[C@]4(C)[C@@]3(F)C(O)C[C@@]21C.C[C@@H]1C[C@H]2[C@@H]3CCC4=CC(=O)C=C[C@]4(C)[C@@]3(F)[C@@H](O)C[C@]2(C)[C@@]1(O)C(=O)COP(=O)([O-])[O-].[Na+].[Na+]. The average molecular weight is 951 g/mol. The van der Waals surface area contributed by atoms with E-state index in [9.17, 15) is 58.8 Å². The third kappa shape index (κ3) is 7.72. The minimum Gasteiger partial charge on any atom is -0.790 e. The van der Waals surface area contributed by atoms with Crippen LogP contribution in [-0.4, -0.2) is 97.5 Å².